The largest absolute Gasteiger partial charge is 0.310 e. The number of nitrogens with zero attached hydrogens (tertiary/aromatic N) is 2. The molecule has 12 rings (SSSR count). The van der Waals surface area contributed by atoms with E-state index in [1.54, 1.807) is 0 Å². The second kappa shape index (κ2) is 14.5. The van der Waals surface area contributed by atoms with E-state index in [-0.39, 0.29) is 0 Å². The summed E-state index contributed by atoms with van der Waals surface area (Å²) in [4.78, 5) is 2.41. The van der Waals surface area contributed by atoms with Crippen molar-refractivity contribution in [1.82, 2.24) is 4.57 Å². The van der Waals surface area contributed by atoms with Crippen LogP contribution in [-0.4, -0.2) is 4.57 Å². The Kier molecular flexibility index (Phi) is 8.39. The minimum atomic E-state index is 1.09. The Morgan fingerprint density at radius 2 is 0.852 bits per heavy atom. The summed E-state index contributed by atoms with van der Waals surface area (Å²) in [5, 5.41) is 7.64. The van der Waals surface area contributed by atoms with Gasteiger partial charge in [-0.2, -0.15) is 0 Å². The highest BCUT2D eigenvalue weighted by Crippen LogP contribution is 2.44. The summed E-state index contributed by atoms with van der Waals surface area (Å²) < 4.78 is 5.03. The predicted molar refractivity (Wildman–Crippen MR) is 262 cm³/mol. The molecule has 0 N–H and O–H groups in total. The average Bonchev–Trinajstić information content (AvgIpc) is 3.88. The first-order valence-electron chi connectivity index (χ1n) is 20.8. The van der Waals surface area contributed by atoms with Crippen LogP contribution in [0.3, 0.4) is 0 Å². The van der Waals surface area contributed by atoms with E-state index in [4.69, 9.17) is 0 Å². The molecule has 61 heavy (non-hydrogen) atoms. The quantitative estimate of drug-likeness (QED) is 0.156. The highest BCUT2D eigenvalue weighted by atomic mass is 32.1. The number of hydrogen-bond donors (Lipinski definition) is 0. The molecule has 2 aromatic heterocycles. The molecule has 2 nitrogen and oxygen atoms in total. The zero-order chi connectivity index (χ0) is 40.3. The smallest absolute Gasteiger partial charge is 0.0541 e. The van der Waals surface area contributed by atoms with Crippen LogP contribution >= 0.6 is 11.3 Å². The van der Waals surface area contributed by atoms with Gasteiger partial charge in [0.2, 0.25) is 0 Å². The molecule has 0 radical (unpaired) electrons. The molecule has 0 aliphatic carbocycles. The van der Waals surface area contributed by atoms with Gasteiger partial charge in [0.05, 0.1) is 16.7 Å². The van der Waals surface area contributed by atoms with E-state index in [0.29, 0.717) is 0 Å². The summed E-state index contributed by atoms with van der Waals surface area (Å²) in [6.07, 6.45) is 0. The minimum absolute atomic E-state index is 1.09. The molecule has 0 saturated heterocycles. The van der Waals surface area contributed by atoms with Gasteiger partial charge in [-0.25, -0.2) is 0 Å². The molecule has 0 spiro atoms. The summed E-state index contributed by atoms with van der Waals surface area (Å²) in [5.74, 6) is 0. The number of hydrogen-bond acceptors (Lipinski definition) is 2. The number of thiophene rings is 1. The van der Waals surface area contributed by atoms with Crippen molar-refractivity contribution in [3.05, 3.63) is 231 Å². The van der Waals surface area contributed by atoms with Crippen molar-refractivity contribution in [2.24, 2.45) is 0 Å². The van der Waals surface area contributed by atoms with Crippen LogP contribution in [0.2, 0.25) is 0 Å². The van der Waals surface area contributed by atoms with Gasteiger partial charge in [0.1, 0.15) is 0 Å². The van der Waals surface area contributed by atoms with E-state index >= 15 is 0 Å². The van der Waals surface area contributed by atoms with Crippen molar-refractivity contribution < 1.29 is 0 Å². The highest BCUT2D eigenvalue weighted by molar-refractivity contribution is 7.25. The van der Waals surface area contributed by atoms with Crippen LogP contribution in [0.5, 0.6) is 0 Å². The van der Waals surface area contributed by atoms with Crippen LogP contribution in [0.1, 0.15) is 0 Å². The molecule has 0 fully saturated rings. The van der Waals surface area contributed by atoms with E-state index in [9.17, 15) is 0 Å². The molecule has 0 saturated carbocycles. The lowest BCUT2D eigenvalue weighted by Crippen LogP contribution is -2.11. The van der Waals surface area contributed by atoms with Crippen LogP contribution in [0.15, 0.2) is 231 Å². The molecule has 12 aromatic rings. The van der Waals surface area contributed by atoms with Crippen LogP contribution < -0.4 is 4.90 Å². The fourth-order valence-corrected chi connectivity index (χ4v) is 10.5. The van der Waals surface area contributed by atoms with Crippen LogP contribution in [0.4, 0.5) is 17.1 Å². The first-order valence-corrected chi connectivity index (χ1v) is 21.6. The van der Waals surface area contributed by atoms with E-state index in [2.05, 4.69) is 240 Å². The Balaban J connectivity index is 0.962. The first kappa shape index (κ1) is 35.2. The third-order valence-electron chi connectivity index (χ3n) is 12.2. The Hall–Kier alpha value is -7.72. The van der Waals surface area contributed by atoms with Crippen molar-refractivity contribution in [2.45, 2.75) is 0 Å². The van der Waals surface area contributed by atoms with Gasteiger partial charge >= 0.3 is 0 Å². The molecule has 3 heteroatoms. The summed E-state index contributed by atoms with van der Waals surface area (Å²) in [5.41, 5.74) is 14.0. The summed E-state index contributed by atoms with van der Waals surface area (Å²) in [7, 11) is 0. The molecule has 0 bridgehead atoms. The van der Waals surface area contributed by atoms with Crippen LogP contribution in [-0.2, 0) is 0 Å². The summed E-state index contributed by atoms with van der Waals surface area (Å²) in [6.45, 7) is 0. The van der Waals surface area contributed by atoms with E-state index in [1.165, 1.54) is 86.1 Å². The van der Waals surface area contributed by atoms with Crippen LogP contribution in [0.25, 0.3) is 91.8 Å². The molecule has 2 heterocycles. The Morgan fingerprint density at radius 1 is 0.328 bits per heavy atom. The minimum Gasteiger partial charge on any atom is -0.310 e. The average molecular weight is 795 g/mol. The lowest BCUT2D eigenvalue weighted by Gasteiger charge is -2.28. The van der Waals surface area contributed by atoms with Crippen molar-refractivity contribution in [2.75, 3.05) is 4.90 Å². The third-order valence-corrected chi connectivity index (χ3v) is 13.3. The summed E-state index contributed by atoms with van der Waals surface area (Å²) in [6, 6.07) is 84.2. The van der Waals surface area contributed by atoms with Crippen molar-refractivity contribution >= 4 is 81.1 Å². The fraction of sp³-hybridized carbons (Fsp3) is 0. The van der Waals surface area contributed by atoms with Gasteiger partial charge in [-0.3, -0.25) is 0 Å². The highest BCUT2D eigenvalue weighted by Gasteiger charge is 2.19. The zero-order valence-corrected chi connectivity index (χ0v) is 34.1. The topological polar surface area (TPSA) is 8.17 Å². The maximum Gasteiger partial charge on any atom is 0.0541 e. The molecule has 286 valence electrons. The molecule has 0 aliphatic heterocycles. The molecular formula is C58H38N2S. The fourth-order valence-electron chi connectivity index (χ4n) is 9.32. The molecule has 10 aromatic carbocycles. The van der Waals surface area contributed by atoms with Gasteiger partial charge in [0.25, 0.3) is 0 Å². The number of rotatable bonds is 7. The number of anilines is 3. The van der Waals surface area contributed by atoms with Gasteiger partial charge in [0.15, 0.2) is 0 Å². The van der Waals surface area contributed by atoms with Crippen molar-refractivity contribution in [3.8, 4) is 39.1 Å². The van der Waals surface area contributed by atoms with Gasteiger partial charge in [-0.1, -0.05) is 164 Å². The van der Waals surface area contributed by atoms with Gasteiger partial charge in [0, 0.05) is 53.6 Å². The van der Waals surface area contributed by atoms with E-state index < -0.39 is 0 Å². The van der Waals surface area contributed by atoms with Gasteiger partial charge < -0.3 is 9.47 Å². The molecular weight excluding hydrogens is 757 g/mol. The molecule has 0 unspecified atom stereocenters. The second-order valence-electron chi connectivity index (χ2n) is 15.7. The lowest BCUT2D eigenvalue weighted by atomic mass is 9.96. The maximum atomic E-state index is 2.41. The third kappa shape index (κ3) is 6.01. The van der Waals surface area contributed by atoms with Gasteiger partial charge in [-0.05, 0) is 105 Å². The predicted octanol–water partition coefficient (Wildman–Crippen LogP) is 16.8. The number of benzene rings is 10. The Morgan fingerprint density at radius 3 is 1.59 bits per heavy atom. The SMILES string of the molecule is c1cc(-c2ccc(N(c3ccc(-c4ccc5c(c4)sc4ccccc45)cc3)c3ccccc3-c3cccc4ccccc34)cc2)cc(-n2c3ccccc3c3ccccc32)c1. The molecule has 0 atom stereocenters. The maximum absolute atomic E-state index is 2.41. The standard InChI is InChI=1S/C58H38N2S/c1-2-17-47-41(13-1)14-12-22-48(47)49-18-3-7-23-54(49)59(45-34-29-40(30-35-45)43-31-36-53-52-21-6-10-26-57(52)61-58(53)38-43)44-32-27-39(28-33-44)42-15-11-16-46(37-42)60-55-24-8-4-19-50(55)51-20-5-9-25-56(51)60/h1-38H. The van der Waals surface area contributed by atoms with E-state index in [0.717, 1.165) is 22.7 Å². The van der Waals surface area contributed by atoms with Crippen molar-refractivity contribution in [1.29, 1.82) is 0 Å². The van der Waals surface area contributed by atoms with Crippen molar-refractivity contribution in [3.63, 3.8) is 0 Å². The monoisotopic (exact) mass is 794 g/mol. The number of aromatic nitrogens is 1. The Bertz CT molecular complexity index is 3530. The van der Waals surface area contributed by atoms with E-state index in [1.807, 2.05) is 11.3 Å². The van der Waals surface area contributed by atoms with Crippen LogP contribution in [0, 0.1) is 0 Å². The Labute approximate surface area is 358 Å². The lowest BCUT2D eigenvalue weighted by molar-refractivity contribution is 1.18. The number of para-hydroxylation sites is 3. The normalized spacial score (nSPS) is 11.6. The number of fused-ring (bicyclic) bond motifs is 7. The molecule has 0 aliphatic rings. The zero-order valence-electron chi connectivity index (χ0n) is 33.2. The molecule has 0 amide bonds. The second-order valence-corrected chi connectivity index (χ2v) is 16.8. The van der Waals surface area contributed by atoms with Gasteiger partial charge in [-0.15, -0.1) is 11.3 Å². The summed E-state index contributed by atoms with van der Waals surface area (Å²) >= 11 is 1.86. The first-order chi connectivity index (χ1) is 30.2.